The zero-order chi connectivity index (χ0) is 55.0. The number of aromatic nitrogens is 5. The smallest absolute Gasteiger partial charge is 0.166 e. The van der Waals surface area contributed by atoms with Crippen molar-refractivity contribution in [1.82, 2.24) is 24.1 Å². The summed E-state index contributed by atoms with van der Waals surface area (Å²) in [5.41, 5.74) is 23.3. The molecule has 3 aromatic heterocycles. The number of hydrogen-bond donors (Lipinski definition) is 0. The van der Waals surface area contributed by atoms with Crippen LogP contribution in [0.1, 0.15) is 55.5 Å². The van der Waals surface area contributed by atoms with Crippen LogP contribution in [0.3, 0.4) is 0 Å². The third kappa shape index (κ3) is 6.84. The van der Waals surface area contributed by atoms with Crippen LogP contribution >= 0.6 is 0 Å². The molecule has 0 N–H and O–H groups in total. The van der Waals surface area contributed by atoms with Crippen LogP contribution in [-0.4, -0.2) is 24.1 Å². The van der Waals surface area contributed by atoms with E-state index in [1.807, 2.05) is 54.6 Å². The fourth-order valence-corrected chi connectivity index (χ4v) is 14.2. The van der Waals surface area contributed by atoms with Gasteiger partial charge >= 0.3 is 0 Å². The number of nitriles is 1. The minimum Gasteiger partial charge on any atom is -0.309 e. The van der Waals surface area contributed by atoms with Crippen molar-refractivity contribution in [3.63, 3.8) is 0 Å². The lowest BCUT2D eigenvalue weighted by atomic mass is 9.80. The highest BCUT2D eigenvalue weighted by atomic mass is 15.1. The van der Waals surface area contributed by atoms with Crippen molar-refractivity contribution in [2.75, 3.05) is 0 Å². The lowest BCUT2D eigenvalue weighted by molar-refractivity contribution is 0.666. The minimum atomic E-state index is -0.271. The lowest BCUT2D eigenvalue weighted by Gasteiger charge is -2.23. The molecule has 0 atom stereocenters. The summed E-state index contributed by atoms with van der Waals surface area (Å²) >= 11 is 0. The fraction of sp³-hybridized carbons (Fsp3) is 0.0789. The molecular formula is C76H52N6. The molecule has 3 heterocycles. The van der Waals surface area contributed by atoms with Crippen LogP contribution in [0.2, 0.25) is 0 Å². The average molecular weight is 1050 g/mol. The molecule has 0 saturated carbocycles. The second-order valence-electron chi connectivity index (χ2n) is 23.0. The molecule has 82 heavy (non-hydrogen) atoms. The Morgan fingerprint density at radius 3 is 1.38 bits per heavy atom. The van der Waals surface area contributed by atoms with E-state index in [1.54, 1.807) is 0 Å². The molecule has 0 radical (unpaired) electrons. The molecule has 0 amide bonds. The molecule has 6 nitrogen and oxygen atoms in total. The second-order valence-corrected chi connectivity index (χ2v) is 23.0. The molecule has 6 heteroatoms. The first-order chi connectivity index (χ1) is 40.2. The maximum absolute atomic E-state index is 10.3. The summed E-state index contributed by atoms with van der Waals surface area (Å²) in [6.07, 6.45) is 0. The van der Waals surface area contributed by atoms with Crippen LogP contribution in [-0.2, 0) is 10.8 Å². The van der Waals surface area contributed by atoms with E-state index in [9.17, 15) is 5.26 Å². The van der Waals surface area contributed by atoms with Crippen molar-refractivity contribution in [3.05, 3.63) is 270 Å². The van der Waals surface area contributed by atoms with Gasteiger partial charge in [0.15, 0.2) is 17.5 Å². The maximum atomic E-state index is 10.3. The van der Waals surface area contributed by atoms with E-state index < -0.39 is 0 Å². The van der Waals surface area contributed by atoms with Gasteiger partial charge in [0.25, 0.3) is 0 Å². The first-order valence-electron chi connectivity index (χ1n) is 28.2. The van der Waals surface area contributed by atoms with Crippen molar-refractivity contribution < 1.29 is 0 Å². The average Bonchev–Trinajstić information content (AvgIpc) is 2.64. The van der Waals surface area contributed by atoms with Crippen LogP contribution in [0, 0.1) is 11.3 Å². The van der Waals surface area contributed by atoms with E-state index in [0.29, 0.717) is 23.0 Å². The number of hydrogen-bond acceptors (Lipinski definition) is 4. The predicted molar refractivity (Wildman–Crippen MR) is 336 cm³/mol. The van der Waals surface area contributed by atoms with Crippen molar-refractivity contribution in [3.8, 4) is 96.1 Å². The van der Waals surface area contributed by atoms with Crippen LogP contribution < -0.4 is 0 Å². The standard InChI is InChI=1S/C76H52N6/c1-75(2)59-32-15-11-27-51(59)54-38-41-65-67(70(54)75)56-29-13-17-34-61(56)81(65)63-40-37-50(49-26-19-21-46(43-49)45-77)44-58(63)53-31-20-36-64(69(53)74-79-72(47-22-7-5-8-23-47)78-73(80-74)48-24-9-6-10-25-48)82-62-35-18-14-30-57(62)68-66(82)42-39-55-52-28-12-16-33-60(52)76(3,4)71(55)68/h5-44H,1-4H3. The number of fused-ring (bicyclic) bond motifs is 14. The quantitative estimate of drug-likeness (QED) is 0.159. The predicted octanol–water partition coefficient (Wildman–Crippen LogP) is 18.9. The third-order valence-corrected chi connectivity index (χ3v) is 17.8. The maximum Gasteiger partial charge on any atom is 0.166 e. The van der Waals surface area contributed by atoms with E-state index in [-0.39, 0.29) is 10.8 Å². The zero-order valence-electron chi connectivity index (χ0n) is 45.8. The van der Waals surface area contributed by atoms with Crippen LogP contribution in [0.4, 0.5) is 0 Å². The first kappa shape index (κ1) is 47.5. The summed E-state index contributed by atoms with van der Waals surface area (Å²) in [6, 6.07) is 89.2. The highest BCUT2D eigenvalue weighted by Crippen LogP contribution is 2.56. The summed E-state index contributed by atoms with van der Waals surface area (Å²) in [6.45, 7) is 9.50. The molecule has 2 aliphatic rings. The topological polar surface area (TPSA) is 72.3 Å². The van der Waals surface area contributed by atoms with Gasteiger partial charge in [0, 0.05) is 49.1 Å². The van der Waals surface area contributed by atoms with Crippen molar-refractivity contribution in [2.45, 2.75) is 38.5 Å². The Kier molecular flexibility index (Phi) is 10.3. The highest BCUT2D eigenvalue weighted by Gasteiger charge is 2.40. The van der Waals surface area contributed by atoms with E-state index in [4.69, 9.17) is 15.0 Å². The number of nitrogens with zero attached hydrogens (tertiary/aromatic N) is 6. The van der Waals surface area contributed by atoms with Crippen molar-refractivity contribution >= 4 is 43.6 Å². The monoisotopic (exact) mass is 1050 g/mol. The van der Waals surface area contributed by atoms with Gasteiger partial charge in [0.05, 0.1) is 50.6 Å². The summed E-state index contributed by atoms with van der Waals surface area (Å²) in [5, 5.41) is 15.1. The molecule has 0 unspecified atom stereocenters. The van der Waals surface area contributed by atoms with Crippen LogP contribution in [0.25, 0.3) is 134 Å². The van der Waals surface area contributed by atoms with Crippen molar-refractivity contribution in [2.24, 2.45) is 0 Å². The van der Waals surface area contributed by atoms with E-state index in [0.717, 1.165) is 72.4 Å². The molecule has 16 rings (SSSR count). The number of benzene rings is 11. The molecule has 0 fully saturated rings. The van der Waals surface area contributed by atoms with Gasteiger partial charge in [-0.15, -0.1) is 0 Å². The highest BCUT2D eigenvalue weighted by molar-refractivity contribution is 6.17. The van der Waals surface area contributed by atoms with E-state index in [1.165, 1.54) is 66.1 Å². The molecule has 0 bridgehead atoms. The van der Waals surface area contributed by atoms with Gasteiger partial charge < -0.3 is 9.13 Å². The fourth-order valence-electron chi connectivity index (χ4n) is 14.2. The molecular weight excluding hydrogens is 997 g/mol. The first-order valence-corrected chi connectivity index (χ1v) is 28.2. The van der Waals surface area contributed by atoms with Gasteiger partial charge in [-0.2, -0.15) is 5.26 Å². The molecule has 14 aromatic rings. The van der Waals surface area contributed by atoms with Gasteiger partial charge in [0.2, 0.25) is 0 Å². The SMILES string of the molecule is CC1(C)c2ccccc2-c2ccc3c(c21)c1ccccc1n3-c1ccc(-c2cccc(C#N)c2)cc1-c1cccc(-n2c3ccccc3c3c4c(ccc32)-c2ccccc2C4(C)C)c1-c1nc(-c2ccccc2)nc(-c2ccccc2)n1. The summed E-state index contributed by atoms with van der Waals surface area (Å²) in [4.78, 5) is 16.5. The van der Waals surface area contributed by atoms with E-state index in [2.05, 4.69) is 231 Å². The lowest BCUT2D eigenvalue weighted by Crippen LogP contribution is -2.15. The van der Waals surface area contributed by atoms with Gasteiger partial charge in [-0.3, -0.25) is 0 Å². The molecule has 11 aromatic carbocycles. The molecule has 0 saturated heterocycles. The van der Waals surface area contributed by atoms with Crippen molar-refractivity contribution in [1.29, 1.82) is 5.26 Å². The van der Waals surface area contributed by atoms with Gasteiger partial charge in [-0.25, -0.2) is 15.0 Å². The van der Waals surface area contributed by atoms with Gasteiger partial charge in [-0.05, 0) is 116 Å². The third-order valence-electron chi connectivity index (χ3n) is 17.8. The Morgan fingerprint density at radius 2 is 0.805 bits per heavy atom. The normalized spacial score (nSPS) is 13.5. The van der Waals surface area contributed by atoms with Crippen LogP contribution in [0.15, 0.2) is 243 Å². The second kappa shape index (κ2) is 17.8. The number of rotatable bonds is 7. The van der Waals surface area contributed by atoms with Gasteiger partial charge in [0.1, 0.15) is 0 Å². The molecule has 0 aliphatic heterocycles. The Hall–Kier alpha value is -10.5. The minimum absolute atomic E-state index is 0.258. The molecule has 386 valence electrons. The molecule has 2 aliphatic carbocycles. The largest absolute Gasteiger partial charge is 0.309 e. The summed E-state index contributed by atoms with van der Waals surface area (Å²) in [7, 11) is 0. The Morgan fingerprint density at radius 1 is 0.341 bits per heavy atom. The summed E-state index contributed by atoms with van der Waals surface area (Å²) in [5.74, 6) is 1.69. The summed E-state index contributed by atoms with van der Waals surface area (Å²) < 4.78 is 4.94. The molecule has 0 spiro atoms. The van der Waals surface area contributed by atoms with Crippen LogP contribution in [0.5, 0.6) is 0 Å². The number of para-hydroxylation sites is 2. The Balaban J connectivity index is 1.06. The van der Waals surface area contributed by atoms with Gasteiger partial charge in [-0.1, -0.05) is 216 Å². The Labute approximate surface area is 475 Å². The van der Waals surface area contributed by atoms with E-state index >= 15 is 0 Å². The zero-order valence-corrected chi connectivity index (χ0v) is 45.8. The Bertz CT molecular complexity index is 4990.